The predicted octanol–water partition coefficient (Wildman–Crippen LogP) is 3.42. The number of nitrogens with one attached hydrogen (secondary N) is 2. The first-order chi connectivity index (χ1) is 17.0. The highest BCUT2D eigenvalue weighted by atomic mass is 32.1. The Bertz CT molecular complexity index is 869. The van der Waals surface area contributed by atoms with Gasteiger partial charge in [0.15, 0.2) is 0 Å². The Labute approximate surface area is 220 Å². The molecule has 0 spiro atoms. The lowest BCUT2D eigenvalue weighted by molar-refractivity contribution is -0.144. The molecule has 0 saturated heterocycles. The van der Waals surface area contributed by atoms with Crippen molar-refractivity contribution in [2.45, 2.75) is 78.0 Å². The molecule has 1 aromatic rings. The Morgan fingerprint density at radius 2 is 1.69 bits per heavy atom. The summed E-state index contributed by atoms with van der Waals surface area (Å²) in [6.07, 6.45) is 2.49. The molecule has 0 heterocycles. The van der Waals surface area contributed by atoms with Crippen molar-refractivity contribution in [3.63, 3.8) is 0 Å². The number of thiol groups is 1. The molecule has 0 radical (unpaired) electrons. The molecule has 0 aromatic heterocycles. The minimum absolute atomic E-state index is 0.00757. The lowest BCUT2D eigenvalue weighted by Gasteiger charge is -2.34. The number of ether oxygens (including phenoxy) is 2. The van der Waals surface area contributed by atoms with Crippen LogP contribution in [-0.4, -0.2) is 66.4 Å². The van der Waals surface area contributed by atoms with Crippen LogP contribution in [-0.2, 0) is 30.3 Å². The first-order valence-corrected chi connectivity index (χ1v) is 12.9. The molecule has 0 bridgehead atoms. The molecule has 9 nitrogen and oxygen atoms in total. The van der Waals surface area contributed by atoms with Gasteiger partial charge in [0.05, 0.1) is 7.11 Å². The Hall–Kier alpha value is -2.75. The van der Waals surface area contributed by atoms with E-state index >= 15 is 0 Å². The van der Waals surface area contributed by atoms with Crippen LogP contribution in [0.25, 0.3) is 0 Å². The number of benzene rings is 1. The molecule has 2 N–H and O–H groups in total. The number of nitrogens with zero attached hydrogens (tertiary/aromatic N) is 1. The summed E-state index contributed by atoms with van der Waals surface area (Å²) < 4.78 is 9.95. The van der Waals surface area contributed by atoms with Crippen molar-refractivity contribution in [1.82, 2.24) is 15.5 Å². The average molecular weight is 524 g/mol. The van der Waals surface area contributed by atoms with Crippen LogP contribution in [0.4, 0.5) is 4.79 Å². The van der Waals surface area contributed by atoms with Crippen molar-refractivity contribution in [3.8, 4) is 0 Å². The van der Waals surface area contributed by atoms with Crippen LogP contribution in [0, 0.1) is 0 Å². The quantitative estimate of drug-likeness (QED) is 0.207. The minimum Gasteiger partial charge on any atom is -0.468 e. The maximum absolute atomic E-state index is 13.7. The van der Waals surface area contributed by atoms with Crippen LogP contribution in [0.2, 0.25) is 0 Å². The average Bonchev–Trinajstić information content (AvgIpc) is 2.83. The number of amides is 3. The molecule has 1 rings (SSSR count). The smallest absolute Gasteiger partial charge is 0.408 e. The number of alkyl carbamates (subject to hydrolysis) is 1. The maximum atomic E-state index is 13.7. The number of methoxy groups -OCH3 is 1. The van der Waals surface area contributed by atoms with Gasteiger partial charge < -0.3 is 25.0 Å². The first kappa shape index (κ1) is 31.3. The second kappa shape index (κ2) is 15.4. The Morgan fingerprint density at radius 1 is 1.06 bits per heavy atom. The second-order valence-electron chi connectivity index (χ2n) is 9.41. The van der Waals surface area contributed by atoms with Gasteiger partial charge in [-0.1, -0.05) is 51.0 Å². The highest BCUT2D eigenvalue weighted by Gasteiger charge is 2.35. The van der Waals surface area contributed by atoms with E-state index < -0.39 is 41.6 Å². The van der Waals surface area contributed by atoms with E-state index in [1.807, 2.05) is 26.0 Å². The summed E-state index contributed by atoms with van der Waals surface area (Å²) in [5.41, 5.74) is 0.928. The number of hydrogen-bond acceptors (Lipinski definition) is 7. The molecule has 0 fully saturated rings. The van der Waals surface area contributed by atoms with Crippen LogP contribution in [0.3, 0.4) is 0 Å². The topological polar surface area (TPSA) is 114 Å². The molecule has 1 aromatic carbocycles. The van der Waals surface area contributed by atoms with E-state index in [1.165, 1.54) is 12.0 Å². The fraction of sp³-hybridized carbons (Fsp3) is 0.615. The van der Waals surface area contributed by atoms with Gasteiger partial charge in [-0.25, -0.2) is 4.79 Å². The van der Waals surface area contributed by atoms with Crippen molar-refractivity contribution in [2.24, 2.45) is 0 Å². The van der Waals surface area contributed by atoms with E-state index in [4.69, 9.17) is 4.74 Å². The van der Waals surface area contributed by atoms with Crippen molar-refractivity contribution in [1.29, 1.82) is 0 Å². The third kappa shape index (κ3) is 10.5. The summed E-state index contributed by atoms with van der Waals surface area (Å²) in [5, 5.41) is 5.16. The summed E-state index contributed by atoms with van der Waals surface area (Å²) in [7, 11) is 1.23. The van der Waals surface area contributed by atoms with Gasteiger partial charge >= 0.3 is 12.1 Å². The zero-order chi connectivity index (χ0) is 27.3. The lowest BCUT2D eigenvalue weighted by Crippen LogP contribution is -2.54. The number of esters is 1. The summed E-state index contributed by atoms with van der Waals surface area (Å²) in [4.78, 5) is 52.6. The van der Waals surface area contributed by atoms with Crippen LogP contribution in [0.15, 0.2) is 24.3 Å². The third-order valence-electron chi connectivity index (χ3n) is 5.36. The molecule has 0 aliphatic rings. The lowest BCUT2D eigenvalue weighted by atomic mass is 10.00. The van der Waals surface area contributed by atoms with Gasteiger partial charge in [-0.15, -0.1) is 0 Å². The van der Waals surface area contributed by atoms with Crippen molar-refractivity contribution < 1.29 is 28.7 Å². The molecule has 36 heavy (non-hydrogen) atoms. The predicted molar refractivity (Wildman–Crippen MR) is 142 cm³/mol. The van der Waals surface area contributed by atoms with Gasteiger partial charge in [0.2, 0.25) is 11.8 Å². The highest BCUT2D eigenvalue weighted by molar-refractivity contribution is 7.80. The zero-order valence-electron chi connectivity index (χ0n) is 22.3. The monoisotopic (exact) mass is 523 g/mol. The molecule has 0 aliphatic carbocycles. The SMILES string of the molecule is CCCCCN(C(=O)C(CS)NC(=O)OC(C)(C)C)C(C(=O)NCC(=O)OC)c1ccc(CC)cc1. The van der Waals surface area contributed by atoms with Gasteiger partial charge in [0, 0.05) is 12.3 Å². The summed E-state index contributed by atoms with van der Waals surface area (Å²) in [6.45, 7) is 9.18. The van der Waals surface area contributed by atoms with E-state index in [1.54, 1.807) is 32.9 Å². The van der Waals surface area contributed by atoms with Crippen LogP contribution < -0.4 is 10.6 Å². The number of carbonyl (C=O) groups excluding carboxylic acids is 4. The number of hydrogen-bond donors (Lipinski definition) is 3. The number of rotatable bonds is 13. The normalized spacial score (nSPS) is 12.8. The molecule has 202 valence electrons. The van der Waals surface area contributed by atoms with Crippen molar-refractivity contribution >= 4 is 36.5 Å². The van der Waals surface area contributed by atoms with Crippen LogP contribution in [0.5, 0.6) is 0 Å². The fourth-order valence-electron chi connectivity index (χ4n) is 3.47. The van der Waals surface area contributed by atoms with Gasteiger partial charge in [-0.3, -0.25) is 14.4 Å². The van der Waals surface area contributed by atoms with Gasteiger partial charge in [0.1, 0.15) is 24.2 Å². The van der Waals surface area contributed by atoms with Crippen molar-refractivity contribution in [3.05, 3.63) is 35.4 Å². The summed E-state index contributed by atoms with van der Waals surface area (Å²) in [5.74, 6) is -1.59. The number of aryl methyl sites for hydroxylation is 1. The van der Waals surface area contributed by atoms with E-state index in [2.05, 4.69) is 28.0 Å². The maximum Gasteiger partial charge on any atom is 0.408 e. The van der Waals surface area contributed by atoms with Gasteiger partial charge in [-0.2, -0.15) is 12.6 Å². The van der Waals surface area contributed by atoms with Crippen molar-refractivity contribution in [2.75, 3.05) is 26.0 Å². The minimum atomic E-state index is -1.02. The van der Waals surface area contributed by atoms with Gasteiger partial charge in [-0.05, 0) is 44.7 Å². The molecular weight excluding hydrogens is 482 g/mol. The largest absolute Gasteiger partial charge is 0.468 e. The Kier molecular flexibility index (Phi) is 13.4. The van der Waals surface area contributed by atoms with E-state index in [0.717, 1.165) is 24.8 Å². The third-order valence-corrected chi connectivity index (χ3v) is 5.72. The molecular formula is C26H41N3O6S. The molecule has 3 amide bonds. The summed E-state index contributed by atoms with van der Waals surface area (Å²) >= 11 is 4.28. The van der Waals surface area contributed by atoms with E-state index in [-0.39, 0.29) is 18.8 Å². The number of unbranched alkanes of at least 4 members (excludes halogenated alkanes) is 2. The second-order valence-corrected chi connectivity index (χ2v) is 9.78. The zero-order valence-corrected chi connectivity index (χ0v) is 23.2. The Morgan fingerprint density at radius 3 is 2.19 bits per heavy atom. The number of carbonyl (C=O) groups is 4. The fourth-order valence-corrected chi connectivity index (χ4v) is 3.72. The van der Waals surface area contributed by atoms with Crippen LogP contribution >= 0.6 is 12.6 Å². The molecule has 2 atom stereocenters. The highest BCUT2D eigenvalue weighted by Crippen LogP contribution is 2.24. The molecule has 0 aliphatic heterocycles. The van der Waals surface area contributed by atoms with E-state index in [9.17, 15) is 19.2 Å². The van der Waals surface area contributed by atoms with Crippen LogP contribution in [0.1, 0.15) is 71.0 Å². The standard InChI is InChI=1S/C26H41N3O6S/c1-7-9-10-15-29(24(32)20(17-36)28-25(33)35-26(3,4)5)22(23(31)27-16-21(30)34-6)19-13-11-18(8-2)12-14-19/h11-14,20,22,36H,7-10,15-17H2,1-6H3,(H,27,31)(H,28,33). The molecule has 10 heteroatoms. The summed E-state index contributed by atoms with van der Waals surface area (Å²) in [6, 6.07) is 5.37. The Balaban J connectivity index is 3.38. The first-order valence-electron chi connectivity index (χ1n) is 12.3. The van der Waals surface area contributed by atoms with E-state index in [0.29, 0.717) is 12.0 Å². The molecule has 0 saturated carbocycles. The molecule has 2 unspecified atom stereocenters. The van der Waals surface area contributed by atoms with Gasteiger partial charge in [0.25, 0.3) is 0 Å².